The summed E-state index contributed by atoms with van der Waals surface area (Å²) in [6, 6.07) is 9.12. The number of aromatic nitrogens is 1. The van der Waals surface area contributed by atoms with E-state index < -0.39 is 11.1 Å². The number of rotatable bonds is 5. The quantitative estimate of drug-likeness (QED) is 0.580. The van der Waals surface area contributed by atoms with Gasteiger partial charge >= 0.3 is 0 Å². The fourth-order valence-corrected chi connectivity index (χ4v) is 4.94. The third-order valence-electron chi connectivity index (χ3n) is 6.09. The standard InChI is InChI=1S/C25H32ClN5O3/c1-23(2,3)34-19-10-9-15(14-28-19)29-18-8-6-7-17(21(18)26)25(5)13-20(32)31(22(27)30-25)16-11-24(4,33)12-16/h6-10,14,16,29,33H,11-13H2,1-5H3,(H2,27,30)/t16?,24?,25-/m0/s1. The van der Waals surface area contributed by atoms with Gasteiger partial charge in [-0.3, -0.25) is 9.69 Å². The van der Waals surface area contributed by atoms with Gasteiger partial charge in [0.05, 0.1) is 40.2 Å². The highest BCUT2D eigenvalue weighted by Crippen LogP contribution is 2.43. The zero-order valence-corrected chi connectivity index (χ0v) is 21.0. The first-order valence-corrected chi connectivity index (χ1v) is 11.8. The number of amides is 1. The van der Waals surface area contributed by atoms with Crippen LogP contribution in [0.25, 0.3) is 0 Å². The molecule has 34 heavy (non-hydrogen) atoms. The van der Waals surface area contributed by atoms with E-state index in [-0.39, 0.29) is 29.9 Å². The van der Waals surface area contributed by atoms with Crippen LogP contribution < -0.4 is 15.8 Å². The first kappa shape index (κ1) is 24.3. The number of benzene rings is 1. The van der Waals surface area contributed by atoms with E-state index in [2.05, 4.69) is 10.3 Å². The van der Waals surface area contributed by atoms with Crippen molar-refractivity contribution < 1.29 is 14.6 Å². The van der Waals surface area contributed by atoms with Crippen molar-refractivity contribution in [2.45, 2.75) is 76.7 Å². The molecular weight excluding hydrogens is 454 g/mol. The van der Waals surface area contributed by atoms with E-state index in [4.69, 9.17) is 27.1 Å². The summed E-state index contributed by atoms with van der Waals surface area (Å²) >= 11 is 6.79. The largest absolute Gasteiger partial charge is 0.472 e. The van der Waals surface area contributed by atoms with Gasteiger partial charge in [0.25, 0.3) is 0 Å². The number of nitrogens with zero attached hydrogens (tertiary/aromatic N) is 3. The van der Waals surface area contributed by atoms with Gasteiger partial charge in [-0.05, 0) is 59.6 Å². The molecular formula is C25H32ClN5O3. The lowest BCUT2D eigenvalue weighted by Crippen LogP contribution is -2.61. The molecule has 9 heteroatoms. The van der Waals surface area contributed by atoms with E-state index in [1.165, 1.54) is 4.90 Å². The molecule has 1 fully saturated rings. The Labute approximate surface area is 205 Å². The molecule has 1 aromatic heterocycles. The molecule has 0 saturated heterocycles. The van der Waals surface area contributed by atoms with Crippen molar-refractivity contribution in [3.63, 3.8) is 0 Å². The molecule has 2 aromatic rings. The number of carbonyl (C=O) groups is 1. The van der Waals surface area contributed by atoms with Gasteiger partial charge in [0.1, 0.15) is 5.60 Å². The van der Waals surface area contributed by atoms with Crippen molar-refractivity contribution in [2.75, 3.05) is 5.32 Å². The zero-order valence-electron chi connectivity index (χ0n) is 20.2. The molecule has 0 unspecified atom stereocenters. The summed E-state index contributed by atoms with van der Waals surface area (Å²) < 4.78 is 5.77. The Morgan fingerprint density at radius 2 is 1.94 bits per heavy atom. The maximum Gasteiger partial charge on any atom is 0.232 e. The van der Waals surface area contributed by atoms with Crippen LogP contribution in [0.15, 0.2) is 41.5 Å². The molecule has 8 nitrogen and oxygen atoms in total. The topological polar surface area (TPSA) is 113 Å². The summed E-state index contributed by atoms with van der Waals surface area (Å²) in [5.74, 6) is 0.573. The smallest absolute Gasteiger partial charge is 0.232 e. The van der Waals surface area contributed by atoms with Gasteiger partial charge in [0.15, 0.2) is 5.96 Å². The molecule has 0 bridgehead atoms. The summed E-state index contributed by atoms with van der Waals surface area (Å²) in [6.07, 6.45) is 2.78. The molecule has 4 N–H and O–H groups in total. The molecule has 1 saturated carbocycles. The Balaban J connectivity index is 1.56. The number of hydrogen-bond donors (Lipinski definition) is 3. The molecule has 2 aliphatic rings. The maximum atomic E-state index is 13.1. The molecule has 0 spiro atoms. The molecule has 182 valence electrons. The average Bonchev–Trinajstić information content (AvgIpc) is 2.67. The van der Waals surface area contributed by atoms with E-state index in [0.29, 0.717) is 35.0 Å². The highest BCUT2D eigenvalue weighted by atomic mass is 35.5. The highest BCUT2D eigenvalue weighted by molar-refractivity contribution is 6.34. The monoisotopic (exact) mass is 485 g/mol. The maximum absolute atomic E-state index is 13.1. The van der Waals surface area contributed by atoms with Crippen molar-refractivity contribution in [1.29, 1.82) is 0 Å². The lowest BCUT2D eigenvalue weighted by atomic mass is 9.75. The van der Waals surface area contributed by atoms with Crippen molar-refractivity contribution in [1.82, 2.24) is 9.88 Å². The number of aliphatic imine (C=N–C) groups is 1. The van der Waals surface area contributed by atoms with Gasteiger partial charge in [-0.15, -0.1) is 0 Å². The molecule has 0 radical (unpaired) electrons. The summed E-state index contributed by atoms with van der Waals surface area (Å²) in [4.78, 5) is 23.6. The van der Waals surface area contributed by atoms with Crippen LogP contribution in [0.1, 0.15) is 59.4 Å². The predicted octanol–water partition coefficient (Wildman–Crippen LogP) is 4.33. The SMILES string of the molecule is CC1(O)CC(N2C(=O)C[C@@](C)(c3cccc(Nc4ccc(OC(C)(C)C)nc4)c3Cl)N=C2N)C1. The number of anilines is 2. The first-order chi connectivity index (χ1) is 15.8. The van der Waals surface area contributed by atoms with Crippen LogP contribution in [0.3, 0.4) is 0 Å². The fraction of sp³-hybridized carbons (Fsp3) is 0.480. The molecule has 2 heterocycles. The summed E-state index contributed by atoms with van der Waals surface area (Å²) in [5.41, 5.74) is 6.37. The number of guanidine groups is 1. The molecule has 1 aliphatic carbocycles. The van der Waals surface area contributed by atoms with Gasteiger partial charge in [-0.2, -0.15) is 0 Å². The number of nitrogens with two attached hydrogens (primary N) is 1. The van der Waals surface area contributed by atoms with Crippen molar-refractivity contribution >= 4 is 34.8 Å². The average molecular weight is 486 g/mol. The minimum Gasteiger partial charge on any atom is -0.472 e. The predicted molar refractivity (Wildman–Crippen MR) is 133 cm³/mol. The van der Waals surface area contributed by atoms with Gasteiger partial charge < -0.3 is 20.9 Å². The number of halogens is 1. The van der Waals surface area contributed by atoms with Crippen LogP contribution in [0.2, 0.25) is 5.02 Å². The third-order valence-corrected chi connectivity index (χ3v) is 6.50. The van der Waals surface area contributed by atoms with Gasteiger partial charge in [-0.1, -0.05) is 23.7 Å². The third kappa shape index (κ3) is 4.98. The van der Waals surface area contributed by atoms with Crippen LogP contribution in [0, 0.1) is 0 Å². The van der Waals surface area contributed by atoms with E-state index in [1.54, 1.807) is 19.2 Å². The second kappa shape index (κ2) is 8.43. The van der Waals surface area contributed by atoms with Crippen molar-refractivity contribution in [3.05, 3.63) is 47.1 Å². The first-order valence-electron chi connectivity index (χ1n) is 11.4. The summed E-state index contributed by atoms with van der Waals surface area (Å²) in [7, 11) is 0. The number of carbonyl (C=O) groups excluding carboxylic acids is 1. The van der Waals surface area contributed by atoms with E-state index in [9.17, 15) is 9.90 Å². The molecule has 1 atom stereocenters. The number of aliphatic hydroxyl groups is 1. The van der Waals surface area contributed by atoms with Crippen LogP contribution in [0.5, 0.6) is 5.88 Å². The van der Waals surface area contributed by atoms with Crippen molar-refractivity contribution in [3.8, 4) is 5.88 Å². The fourth-order valence-electron chi connectivity index (χ4n) is 4.57. The van der Waals surface area contributed by atoms with Gasteiger partial charge in [-0.25, -0.2) is 9.98 Å². The normalized spacial score (nSPS) is 27.1. The Hall–Kier alpha value is -2.84. The number of hydrogen-bond acceptors (Lipinski definition) is 7. The molecule has 1 amide bonds. The van der Waals surface area contributed by atoms with Gasteiger partial charge in [0, 0.05) is 17.7 Å². The minimum absolute atomic E-state index is 0.122. The zero-order chi connectivity index (χ0) is 24.9. The Bertz CT molecular complexity index is 1120. The van der Waals surface area contributed by atoms with Crippen LogP contribution in [0.4, 0.5) is 11.4 Å². The lowest BCUT2D eigenvalue weighted by Gasteiger charge is -2.48. The summed E-state index contributed by atoms with van der Waals surface area (Å²) in [6.45, 7) is 9.51. The molecule has 1 aliphatic heterocycles. The Kier molecular flexibility index (Phi) is 6.02. The number of pyridine rings is 1. The van der Waals surface area contributed by atoms with Crippen LogP contribution >= 0.6 is 11.6 Å². The molecule has 1 aromatic carbocycles. The summed E-state index contributed by atoms with van der Waals surface area (Å²) in [5, 5.41) is 13.8. The van der Waals surface area contributed by atoms with E-state index in [0.717, 1.165) is 5.69 Å². The van der Waals surface area contributed by atoms with E-state index >= 15 is 0 Å². The van der Waals surface area contributed by atoms with Crippen molar-refractivity contribution in [2.24, 2.45) is 10.7 Å². The Morgan fingerprint density at radius 3 is 2.50 bits per heavy atom. The number of nitrogens with one attached hydrogen (secondary N) is 1. The van der Waals surface area contributed by atoms with Crippen LogP contribution in [-0.4, -0.2) is 44.1 Å². The Morgan fingerprint density at radius 1 is 1.24 bits per heavy atom. The lowest BCUT2D eigenvalue weighted by molar-refractivity contribution is -0.138. The minimum atomic E-state index is -0.901. The second-order valence-electron chi connectivity index (χ2n) is 10.6. The highest BCUT2D eigenvalue weighted by Gasteiger charge is 2.48. The van der Waals surface area contributed by atoms with Gasteiger partial charge in [0.2, 0.25) is 11.8 Å². The second-order valence-corrected chi connectivity index (χ2v) is 11.0. The van der Waals surface area contributed by atoms with Crippen LogP contribution in [-0.2, 0) is 10.3 Å². The molecule has 4 rings (SSSR count). The van der Waals surface area contributed by atoms with E-state index in [1.807, 2.05) is 52.0 Å². The number of ether oxygens (including phenoxy) is 1.